The first-order valence-corrected chi connectivity index (χ1v) is 8.11. The highest BCUT2D eigenvalue weighted by atomic mass is 16.5. The summed E-state index contributed by atoms with van der Waals surface area (Å²) in [4.78, 5) is 0. The Balaban J connectivity index is 2.10. The van der Waals surface area contributed by atoms with Crippen molar-refractivity contribution in [3.8, 4) is 0 Å². The van der Waals surface area contributed by atoms with Crippen LogP contribution in [0.4, 0.5) is 0 Å². The maximum Gasteiger partial charge on any atom is 0.0858 e. The maximum absolute atomic E-state index is 10.9. The van der Waals surface area contributed by atoms with E-state index in [9.17, 15) is 5.11 Å². The fraction of sp³-hybridized carbons (Fsp3) is 0.667. The molecule has 1 aromatic rings. The summed E-state index contributed by atoms with van der Waals surface area (Å²) in [6.45, 7) is 3.42. The van der Waals surface area contributed by atoms with E-state index < -0.39 is 6.10 Å². The smallest absolute Gasteiger partial charge is 0.0858 e. The Labute approximate surface area is 128 Å². The highest BCUT2D eigenvalue weighted by Gasteiger charge is 2.40. The van der Waals surface area contributed by atoms with Crippen LogP contribution in [0.5, 0.6) is 0 Å². The molecule has 1 aromatic carbocycles. The van der Waals surface area contributed by atoms with Crippen molar-refractivity contribution in [1.82, 2.24) is 0 Å². The van der Waals surface area contributed by atoms with Crippen LogP contribution in [0.2, 0.25) is 0 Å². The molecule has 118 valence electrons. The van der Waals surface area contributed by atoms with Gasteiger partial charge < -0.3 is 15.6 Å². The third-order valence-corrected chi connectivity index (χ3v) is 5.27. The molecule has 0 aromatic heterocycles. The van der Waals surface area contributed by atoms with E-state index in [1.807, 2.05) is 24.3 Å². The maximum atomic E-state index is 10.9. The van der Waals surface area contributed by atoms with Crippen molar-refractivity contribution < 1.29 is 9.84 Å². The first kappa shape index (κ1) is 16.5. The van der Waals surface area contributed by atoms with E-state index in [1.54, 1.807) is 7.11 Å². The normalized spacial score (nSPS) is 27.5. The zero-order valence-electron chi connectivity index (χ0n) is 13.3. The van der Waals surface area contributed by atoms with E-state index in [2.05, 4.69) is 6.92 Å². The second-order valence-electron chi connectivity index (χ2n) is 6.50. The van der Waals surface area contributed by atoms with Gasteiger partial charge in [-0.2, -0.15) is 0 Å². The molecule has 1 saturated carbocycles. The van der Waals surface area contributed by atoms with Crippen molar-refractivity contribution in [3.63, 3.8) is 0 Å². The van der Waals surface area contributed by atoms with Gasteiger partial charge in [0, 0.05) is 19.1 Å². The van der Waals surface area contributed by atoms with Crippen LogP contribution in [0.1, 0.15) is 56.3 Å². The van der Waals surface area contributed by atoms with Crippen LogP contribution < -0.4 is 5.73 Å². The molecule has 0 saturated heterocycles. The van der Waals surface area contributed by atoms with E-state index in [0.717, 1.165) is 29.9 Å². The van der Waals surface area contributed by atoms with Crippen LogP contribution >= 0.6 is 0 Å². The van der Waals surface area contributed by atoms with Crippen LogP contribution in [0.3, 0.4) is 0 Å². The van der Waals surface area contributed by atoms with Crippen molar-refractivity contribution in [2.45, 2.75) is 51.7 Å². The lowest BCUT2D eigenvalue weighted by Crippen LogP contribution is -2.40. The largest absolute Gasteiger partial charge is 0.388 e. The summed E-state index contributed by atoms with van der Waals surface area (Å²) in [5.41, 5.74) is 8.03. The van der Waals surface area contributed by atoms with E-state index in [0.29, 0.717) is 13.2 Å². The van der Waals surface area contributed by atoms with Gasteiger partial charge in [0.2, 0.25) is 0 Å². The number of nitrogens with two attached hydrogens (primary N) is 1. The van der Waals surface area contributed by atoms with Gasteiger partial charge in [-0.25, -0.2) is 0 Å². The highest BCUT2D eigenvalue weighted by Crippen LogP contribution is 2.47. The molecule has 1 aliphatic rings. The van der Waals surface area contributed by atoms with Crippen LogP contribution in [0.25, 0.3) is 0 Å². The van der Waals surface area contributed by atoms with Gasteiger partial charge >= 0.3 is 0 Å². The van der Waals surface area contributed by atoms with Gasteiger partial charge in [-0.1, -0.05) is 37.6 Å². The summed E-state index contributed by atoms with van der Waals surface area (Å²) >= 11 is 0. The zero-order valence-corrected chi connectivity index (χ0v) is 13.3. The number of aliphatic hydroxyl groups excluding tert-OH is 1. The number of benzene rings is 1. The molecule has 1 unspecified atom stereocenters. The molecule has 3 heteroatoms. The SMILES string of the molecule is CCC1CCC(CN)(C(O)c2ccc(COC)cc2)CC1. The lowest BCUT2D eigenvalue weighted by molar-refractivity contribution is -0.0103. The third kappa shape index (κ3) is 3.65. The van der Waals surface area contributed by atoms with Crippen molar-refractivity contribution >= 4 is 0 Å². The first-order chi connectivity index (χ1) is 10.1. The molecular formula is C18H29NO2. The number of aliphatic hydroxyl groups is 1. The minimum absolute atomic E-state index is 0.144. The molecule has 0 bridgehead atoms. The quantitative estimate of drug-likeness (QED) is 0.844. The molecule has 0 heterocycles. The minimum Gasteiger partial charge on any atom is -0.388 e. The summed E-state index contributed by atoms with van der Waals surface area (Å²) in [6.07, 6.45) is 5.21. The topological polar surface area (TPSA) is 55.5 Å². The molecule has 0 amide bonds. The molecule has 1 atom stereocenters. The average Bonchev–Trinajstić information content (AvgIpc) is 2.55. The van der Waals surface area contributed by atoms with Crippen LogP contribution in [0, 0.1) is 11.3 Å². The first-order valence-electron chi connectivity index (χ1n) is 8.11. The lowest BCUT2D eigenvalue weighted by atomic mass is 9.65. The molecule has 1 aliphatic carbocycles. The second-order valence-corrected chi connectivity index (χ2v) is 6.50. The summed E-state index contributed by atoms with van der Waals surface area (Å²) in [6, 6.07) is 8.10. The number of hydrogen-bond donors (Lipinski definition) is 2. The molecule has 2 rings (SSSR count). The van der Waals surface area contributed by atoms with Gasteiger partial charge in [-0.05, 0) is 42.7 Å². The summed E-state index contributed by atoms with van der Waals surface area (Å²) in [7, 11) is 1.69. The monoisotopic (exact) mass is 291 g/mol. The minimum atomic E-state index is -0.461. The van der Waals surface area contributed by atoms with Crippen LogP contribution in [-0.2, 0) is 11.3 Å². The molecule has 0 spiro atoms. The summed E-state index contributed by atoms with van der Waals surface area (Å²) in [5, 5.41) is 10.9. The van der Waals surface area contributed by atoms with Gasteiger partial charge in [0.25, 0.3) is 0 Å². The molecule has 21 heavy (non-hydrogen) atoms. The van der Waals surface area contributed by atoms with Gasteiger partial charge in [0.15, 0.2) is 0 Å². The molecule has 0 aliphatic heterocycles. The zero-order chi connectivity index (χ0) is 15.3. The fourth-order valence-corrected chi connectivity index (χ4v) is 3.57. The van der Waals surface area contributed by atoms with Gasteiger partial charge in [0.05, 0.1) is 12.7 Å². The Morgan fingerprint density at radius 3 is 2.38 bits per heavy atom. The predicted molar refractivity (Wildman–Crippen MR) is 85.9 cm³/mol. The van der Waals surface area contributed by atoms with Crippen LogP contribution in [0.15, 0.2) is 24.3 Å². The number of hydrogen-bond acceptors (Lipinski definition) is 3. The lowest BCUT2D eigenvalue weighted by Gasteiger charge is -2.43. The number of methoxy groups -OCH3 is 1. The Morgan fingerprint density at radius 1 is 1.29 bits per heavy atom. The van der Waals surface area contributed by atoms with Crippen LogP contribution in [-0.4, -0.2) is 18.8 Å². The van der Waals surface area contributed by atoms with Gasteiger partial charge in [-0.3, -0.25) is 0 Å². The van der Waals surface area contributed by atoms with Crippen molar-refractivity contribution in [1.29, 1.82) is 0 Å². The molecule has 3 nitrogen and oxygen atoms in total. The van der Waals surface area contributed by atoms with E-state index in [4.69, 9.17) is 10.5 Å². The predicted octanol–water partition coefficient (Wildman–Crippen LogP) is 3.41. The standard InChI is InChI=1S/C18H29NO2/c1-3-14-8-10-18(13-19,11-9-14)17(20)16-6-4-15(5-7-16)12-21-2/h4-7,14,17,20H,3,8-13,19H2,1-2H3. The number of ether oxygens (including phenoxy) is 1. The molecule has 0 radical (unpaired) electrons. The number of rotatable bonds is 6. The summed E-state index contributed by atoms with van der Waals surface area (Å²) < 4.78 is 5.13. The fourth-order valence-electron chi connectivity index (χ4n) is 3.57. The Hall–Kier alpha value is -0.900. The average molecular weight is 291 g/mol. The third-order valence-electron chi connectivity index (χ3n) is 5.27. The second kappa shape index (κ2) is 7.39. The highest BCUT2D eigenvalue weighted by molar-refractivity contribution is 5.25. The molecular weight excluding hydrogens is 262 g/mol. The van der Waals surface area contributed by atoms with E-state index in [1.165, 1.54) is 19.3 Å². The van der Waals surface area contributed by atoms with Gasteiger partial charge in [-0.15, -0.1) is 0 Å². The van der Waals surface area contributed by atoms with Crippen molar-refractivity contribution in [3.05, 3.63) is 35.4 Å². The Bertz CT molecular complexity index is 421. The van der Waals surface area contributed by atoms with E-state index >= 15 is 0 Å². The summed E-state index contributed by atoms with van der Waals surface area (Å²) in [5.74, 6) is 0.806. The van der Waals surface area contributed by atoms with Crippen molar-refractivity contribution in [2.24, 2.45) is 17.1 Å². The van der Waals surface area contributed by atoms with Crippen molar-refractivity contribution in [2.75, 3.05) is 13.7 Å². The van der Waals surface area contributed by atoms with E-state index in [-0.39, 0.29) is 5.41 Å². The molecule has 3 N–H and O–H groups in total. The molecule has 1 fully saturated rings. The Kier molecular flexibility index (Phi) is 5.80. The van der Waals surface area contributed by atoms with Gasteiger partial charge in [0.1, 0.15) is 0 Å². The Morgan fingerprint density at radius 2 is 1.90 bits per heavy atom.